The van der Waals surface area contributed by atoms with Gasteiger partial charge in [-0.05, 0) is 6.42 Å². The van der Waals surface area contributed by atoms with Crippen molar-refractivity contribution in [2.24, 2.45) is 0 Å². The van der Waals surface area contributed by atoms with Gasteiger partial charge in [0.25, 0.3) is 0 Å². The van der Waals surface area contributed by atoms with E-state index in [-0.39, 0.29) is 0 Å². The molecule has 18 heavy (non-hydrogen) atoms. The first kappa shape index (κ1) is 11.3. The normalized spacial score (nSPS) is 14.5. The summed E-state index contributed by atoms with van der Waals surface area (Å²) < 4.78 is 0. The average molecular weight is 244 g/mol. The van der Waals surface area contributed by atoms with Crippen LogP contribution in [0.25, 0.3) is 11.5 Å². The van der Waals surface area contributed by atoms with E-state index in [1.165, 1.54) is 5.56 Å². The van der Waals surface area contributed by atoms with Crippen LogP contribution in [0.3, 0.4) is 0 Å². The molecule has 94 valence electrons. The molecule has 6 nitrogen and oxygen atoms in total. The molecular weight excluding hydrogens is 228 g/mol. The monoisotopic (exact) mass is 244 g/mol. The molecule has 0 aromatic carbocycles. The molecule has 3 heterocycles. The number of aromatic amines is 1. The number of fused-ring (bicyclic) bond motifs is 1. The number of aryl methyl sites for hydroxylation is 1. The summed E-state index contributed by atoms with van der Waals surface area (Å²) in [6.07, 6.45) is 4.69. The summed E-state index contributed by atoms with van der Waals surface area (Å²) in [5.74, 6) is 0.688. The van der Waals surface area contributed by atoms with E-state index in [9.17, 15) is 0 Å². The Hall–Kier alpha value is -1.82. The first-order chi connectivity index (χ1) is 8.88. The molecule has 3 rings (SSSR count). The summed E-state index contributed by atoms with van der Waals surface area (Å²) in [5, 5.41) is 13.9. The molecule has 0 saturated carbocycles. The predicted octanol–water partition coefficient (Wildman–Crippen LogP) is 0.860. The number of rotatable bonds is 3. The summed E-state index contributed by atoms with van der Waals surface area (Å²) in [7, 11) is 0. The van der Waals surface area contributed by atoms with Crippen LogP contribution < -0.4 is 5.32 Å². The lowest BCUT2D eigenvalue weighted by Gasteiger charge is -2.19. The van der Waals surface area contributed by atoms with Gasteiger partial charge in [0.05, 0.1) is 11.9 Å². The Balaban J connectivity index is 2.09. The summed E-state index contributed by atoms with van der Waals surface area (Å²) in [4.78, 5) is 9.27. The minimum Gasteiger partial charge on any atom is -0.312 e. The Labute approximate surface area is 105 Å². The molecule has 0 unspecified atom stereocenters. The highest BCUT2D eigenvalue weighted by Crippen LogP contribution is 2.20. The molecule has 6 heteroatoms. The summed E-state index contributed by atoms with van der Waals surface area (Å²) in [6.45, 7) is 4.03. The van der Waals surface area contributed by atoms with Crippen LogP contribution >= 0.6 is 0 Å². The van der Waals surface area contributed by atoms with E-state index >= 15 is 0 Å². The second-order valence-corrected chi connectivity index (χ2v) is 4.45. The quantitative estimate of drug-likeness (QED) is 0.837. The number of hydrogen-bond donors (Lipinski definition) is 2. The highest BCUT2D eigenvalue weighted by Gasteiger charge is 2.18. The van der Waals surface area contributed by atoms with Gasteiger partial charge in [0.2, 0.25) is 0 Å². The molecule has 1 aliphatic heterocycles. The molecule has 2 aromatic rings. The second-order valence-electron chi connectivity index (χ2n) is 4.45. The Morgan fingerprint density at radius 3 is 3.06 bits per heavy atom. The van der Waals surface area contributed by atoms with Gasteiger partial charge in [-0.2, -0.15) is 15.4 Å². The van der Waals surface area contributed by atoms with Gasteiger partial charge in [-0.1, -0.05) is 13.3 Å². The van der Waals surface area contributed by atoms with Gasteiger partial charge in [-0.15, -0.1) is 0 Å². The number of H-pyrrole nitrogens is 1. The lowest BCUT2D eigenvalue weighted by atomic mass is 10.0. The maximum absolute atomic E-state index is 4.64. The van der Waals surface area contributed by atoms with Gasteiger partial charge in [-0.3, -0.25) is 0 Å². The van der Waals surface area contributed by atoms with Crippen molar-refractivity contribution in [2.75, 3.05) is 6.54 Å². The molecule has 0 spiro atoms. The van der Waals surface area contributed by atoms with E-state index in [1.54, 1.807) is 6.20 Å². The van der Waals surface area contributed by atoms with Crippen LogP contribution in [-0.4, -0.2) is 31.9 Å². The molecule has 2 N–H and O–H groups in total. The van der Waals surface area contributed by atoms with Crippen LogP contribution in [0.5, 0.6) is 0 Å². The van der Waals surface area contributed by atoms with Crippen LogP contribution in [0.4, 0.5) is 0 Å². The van der Waals surface area contributed by atoms with Crippen molar-refractivity contribution in [3.8, 4) is 11.5 Å². The molecule has 0 amide bonds. The van der Waals surface area contributed by atoms with Crippen LogP contribution in [0.2, 0.25) is 0 Å². The maximum Gasteiger partial charge on any atom is 0.182 e. The largest absolute Gasteiger partial charge is 0.312 e. The Morgan fingerprint density at radius 1 is 1.33 bits per heavy atom. The highest BCUT2D eigenvalue weighted by molar-refractivity contribution is 5.48. The first-order valence-electron chi connectivity index (χ1n) is 6.34. The van der Waals surface area contributed by atoms with Crippen molar-refractivity contribution in [1.29, 1.82) is 0 Å². The fourth-order valence-electron chi connectivity index (χ4n) is 2.28. The van der Waals surface area contributed by atoms with E-state index < -0.39 is 0 Å². The zero-order valence-corrected chi connectivity index (χ0v) is 10.4. The van der Waals surface area contributed by atoms with E-state index in [0.717, 1.165) is 43.7 Å². The third kappa shape index (κ3) is 1.99. The SMILES string of the molecule is CCCc1nc(-c2cn[nH]n2)nc2c1CNCC2. The molecular formula is C12H16N6. The number of nitrogens with zero attached hydrogens (tertiary/aromatic N) is 4. The molecule has 0 atom stereocenters. The maximum atomic E-state index is 4.64. The molecule has 0 saturated heterocycles. The fraction of sp³-hybridized carbons (Fsp3) is 0.500. The van der Waals surface area contributed by atoms with Crippen molar-refractivity contribution >= 4 is 0 Å². The summed E-state index contributed by atoms with van der Waals surface area (Å²) in [5.41, 5.74) is 4.29. The summed E-state index contributed by atoms with van der Waals surface area (Å²) in [6, 6.07) is 0. The van der Waals surface area contributed by atoms with Crippen LogP contribution in [0, 0.1) is 0 Å². The number of aromatic nitrogens is 5. The molecule has 1 aliphatic rings. The molecule has 0 fully saturated rings. The number of hydrogen-bond acceptors (Lipinski definition) is 5. The van der Waals surface area contributed by atoms with Crippen LogP contribution in [-0.2, 0) is 19.4 Å². The van der Waals surface area contributed by atoms with Gasteiger partial charge in [-0.25, -0.2) is 9.97 Å². The Kier molecular flexibility index (Phi) is 3.02. The fourth-order valence-corrected chi connectivity index (χ4v) is 2.28. The van der Waals surface area contributed by atoms with Crippen molar-refractivity contribution in [1.82, 2.24) is 30.7 Å². The van der Waals surface area contributed by atoms with E-state index in [0.29, 0.717) is 11.5 Å². The standard InChI is InChI=1S/C12H16N6/c1-2-3-9-8-6-13-5-4-10(8)16-12(15-9)11-7-14-18-17-11/h7,13H,2-6H2,1H3,(H,14,17,18). The van der Waals surface area contributed by atoms with Gasteiger partial charge in [0.15, 0.2) is 5.82 Å². The van der Waals surface area contributed by atoms with Gasteiger partial charge < -0.3 is 5.32 Å². The predicted molar refractivity (Wildman–Crippen MR) is 66.8 cm³/mol. The van der Waals surface area contributed by atoms with E-state index in [4.69, 9.17) is 0 Å². The third-order valence-electron chi connectivity index (χ3n) is 3.15. The lowest BCUT2D eigenvalue weighted by Crippen LogP contribution is -2.26. The average Bonchev–Trinajstić information content (AvgIpc) is 2.93. The Morgan fingerprint density at radius 2 is 2.28 bits per heavy atom. The second kappa shape index (κ2) is 4.81. The van der Waals surface area contributed by atoms with Gasteiger partial charge in [0, 0.05) is 30.8 Å². The van der Waals surface area contributed by atoms with Crippen LogP contribution in [0.15, 0.2) is 6.20 Å². The van der Waals surface area contributed by atoms with Crippen molar-refractivity contribution in [3.05, 3.63) is 23.1 Å². The van der Waals surface area contributed by atoms with Gasteiger partial charge in [0.1, 0.15) is 5.69 Å². The van der Waals surface area contributed by atoms with Crippen molar-refractivity contribution in [3.63, 3.8) is 0 Å². The summed E-state index contributed by atoms with van der Waals surface area (Å²) >= 11 is 0. The minimum atomic E-state index is 0.688. The first-order valence-corrected chi connectivity index (χ1v) is 6.34. The Bertz CT molecular complexity index is 534. The third-order valence-corrected chi connectivity index (χ3v) is 3.15. The van der Waals surface area contributed by atoms with Crippen molar-refractivity contribution < 1.29 is 0 Å². The number of nitrogens with one attached hydrogen (secondary N) is 2. The molecule has 2 aromatic heterocycles. The molecule has 0 aliphatic carbocycles. The zero-order valence-electron chi connectivity index (χ0n) is 10.4. The van der Waals surface area contributed by atoms with E-state index in [1.807, 2.05) is 0 Å². The van der Waals surface area contributed by atoms with Crippen LogP contribution in [0.1, 0.15) is 30.3 Å². The topological polar surface area (TPSA) is 79.4 Å². The zero-order chi connectivity index (χ0) is 12.4. The smallest absolute Gasteiger partial charge is 0.182 e. The van der Waals surface area contributed by atoms with Crippen molar-refractivity contribution in [2.45, 2.75) is 32.7 Å². The van der Waals surface area contributed by atoms with Gasteiger partial charge >= 0.3 is 0 Å². The molecule has 0 bridgehead atoms. The highest BCUT2D eigenvalue weighted by atomic mass is 15.3. The molecule has 0 radical (unpaired) electrons. The lowest BCUT2D eigenvalue weighted by molar-refractivity contribution is 0.615. The van der Waals surface area contributed by atoms with E-state index in [2.05, 4.69) is 37.6 Å². The minimum absolute atomic E-state index is 0.688.